The molecule has 1 aliphatic rings. The van der Waals surface area contributed by atoms with Crippen LogP contribution in [0.25, 0.3) is 16.6 Å². The van der Waals surface area contributed by atoms with E-state index in [1.807, 2.05) is 0 Å². The number of benzene rings is 2. The first-order valence-electron chi connectivity index (χ1n) is 8.68. The molecule has 0 spiro atoms. The highest BCUT2D eigenvalue weighted by Gasteiger charge is 2.26. The Hall–Kier alpha value is -3.26. The van der Waals surface area contributed by atoms with Crippen LogP contribution in [0.4, 0.5) is 5.69 Å². The van der Waals surface area contributed by atoms with E-state index in [-0.39, 0.29) is 28.2 Å². The van der Waals surface area contributed by atoms with Crippen LogP contribution in [0.2, 0.25) is 0 Å². The summed E-state index contributed by atoms with van der Waals surface area (Å²) >= 11 is 0. The molecule has 1 aliphatic heterocycles. The second-order valence-corrected chi connectivity index (χ2v) is 6.39. The molecule has 2 heterocycles. The number of nitro groups is 1. The van der Waals surface area contributed by atoms with Gasteiger partial charge in [-0.1, -0.05) is 6.07 Å². The normalized spacial score (nSPS) is 16.6. The minimum Gasteiger partial charge on any atom is -0.497 e. The maximum absolute atomic E-state index is 13.3. The van der Waals surface area contributed by atoms with Crippen molar-refractivity contribution >= 4 is 16.6 Å². The molecule has 138 valence electrons. The fraction of sp³-hybridized carbons (Fsp3) is 0.263. The Balaban J connectivity index is 2.03. The van der Waals surface area contributed by atoms with Gasteiger partial charge in [-0.25, -0.2) is 4.98 Å². The zero-order chi connectivity index (χ0) is 19.0. The molecule has 1 saturated heterocycles. The standard InChI is InChI=1S/C19H18N4O4/c1-27-13-9-7-12(8-10-13)22-18(15-5-3-11-20-15)21-17-14(19(22)24)4-2-6-16(17)23(25)26/h2,4,6-10,15,20H,3,5,11H2,1H3. The molecule has 0 amide bonds. The average Bonchev–Trinajstić information content (AvgIpc) is 3.22. The number of hydrogen-bond donors (Lipinski definition) is 1. The molecular weight excluding hydrogens is 348 g/mol. The van der Waals surface area contributed by atoms with Crippen LogP contribution >= 0.6 is 0 Å². The monoisotopic (exact) mass is 366 g/mol. The summed E-state index contributed by atoms with van der Waals surface area (Å²) in [7, 11) is 1.58. The van der Waals surface area contributed by atoms with Gasteiger partial charge in [0, 0.05) is 6.07 Å². The second-order valence-electron chi connectivity index (χ2n) is 6.39. The van der Waals surface area contributed by atoms with Crippen molar-refractivity contribution in [3.05, 3.63) is 68.8 Å². The number of non-ortho nitro benzene ring substituents is 1. The van der Waals surface area contributed by atoms with Crippen molar-refractivity contribution in [2.75, 3.05) is 13.7 Å². The van der Waals surface area contributed by atoms with E-state index in [1.165, 1.54) is 16.7 Å². The fourth-order valence-electron chi connectivity index (χ4n) is 3.48. The molecule has 8 nitrogen and oxygen atoms in total. The number of nitrogens with one attached hydrogen (secondary N) is 1. The Bertz CT molecular complexity index is 1070. The molecule has 1 atom stereocenters. The van der Waals surface area contributed by atoms with Crippen molar-refractivity contribution < 1.29 is 9.66 Å². The molecule has 1 N–H and O–H groups in total. The predicted molar refractivity (Wildman–Crippen MR) is 101 cm³/mol. The average molecular weight is 366 g/mol. The van der Waals surface area contributed by atoms with Crippen LogP contribution in [0.5, 0.6) is 5.75 Å². The Morgan fingerprint density at radius 2 is 2.04 bits per heavy atom. The predicted octanol–water partition coefficient (Wildman–Crippen LogP) is 2.73. The van der Waals surface area contributed by atoms with Crippen molar-refractivity contribution in [1.29, 1.82) is 0 Å². The molecule has 8 heteroatoms. The lowest BCUT2D eigenvalue weighted by Crippen LogP contribution is -2.29. The molecule has 2 aromatic carbocycles. The van der Waals surface area contributed by atoms with E-state index in [0.29, 0.717) is 17.3 Å². The van der Waals surface area contributed by atoms with Gasteiger partial charge in [-0.15, -0.1) is 0 Å². The summed E-state index contributed by atoms with van der Waals surface area (Å²) in [6.45, 7) is 0.818. The first-order chi connectivity index (χ1) is 13.1. The molecule has 0 bridgehead atoms. The van der Waals surface area contributed by atoms with E-state index in [1.54, 1.807) is 37.4 Å². The van der Waals surface area contributed by atoms with Crippen LogP contribution < -0.4 is 15.6 Å². The van der Waals surface area contributed by atoms with Crippen molar-refractivity contribution in [2.24, 2.45) is 0 Å². The van der Waals surface area contributed by atoms with Crippen LogP contribution in [0.1, 0.15) is 24.7 Å². The van der Waals surface area contributed by atoms with E-state index in [9.17, 15) is 14.9 Å². The van der Waals surface area contributed by atoms with Gasteiger partial charge in [0.15, 0.2) is 5.52 Å². The number of methoxy groups -OCH3 is 1. The third-order valence-electron chi connectivity index (χ3n) is 4.80. The van der Waals surface area contributed by atoms with Gasteiger partial charge in [-0.2, -0.15) is 0 Å². The highest BCUT2D eigenvalue weighted by molar-refractivity contribution is 5.86. The minimum absolute atomic E-state index is 0.126. The summed E-state index contributed by atoms with van der Waals surface area (Å²) in [4.78, 5) is 28.8. The smallest absolute Gasteiger partial charge is 0.295 e. The molecule has 3 aromatic rings. The molecule has 27 heavy (non-hydrogen) atoms. The van der Waals surface area contributed by atoms with Crippen LogP contribution in [-0.2, 0) is 0 Å². The number of nitro benzene ring substituents is 1. The lowest BCUT2D eigenvalue weighted by Gasteiger charge is -2.18. The highest BCUT2D eigenvalue weighted by Crippen LogP contribution is 2.28. The summed E-state index contributed by atoms with van der Waals surface area (Å²) < 4.78 is 6.72. The number of rotatable bonds is 4. The molecule has 0 saturated carbocycles. The van der Waals surface area contributed by atoms with Gasteiger partial charge in [0.2, 0.25) is 0 Å². The number of ether oxygens (including phenoxy) is 1. The van der Waals surface area contributed by atoms with Crippen LogP contribution in [0.15, 0.2) is 47.3 Å². The number of para-hydroxylation sites is 1. The largest absolute Gasteiger partial charge is 0.497 e. The summed E-state index contributed by atoms with van der Waals surface area (Å²) in [5.74, 6) is 1.17. The van der Waals surface area contributed by atoms with Gasteiger partial charge in [-0.3, -0.25) is 19.5 Å². The lowest BCUT2D eigenvalue weighted by molar-refractivity contribution is -0.383. The van der Waals surface area contributed by atoms with Gasteiger partial charge >= 0.3 is 0 Å². The molecule has 1 unspecified atom stereocenters. The Morgan fingerprint density at radius 1 is 1.26 bits per heavy atom. The SMILES string of the molecule is COc1ccc(-n2c(C3CCCN3)nc3c([N+](=O)[O-])cccc3c2=O)cc1. The second kappa shape index (κ2) is 6.81. The molecule has 0 aliphatic carbocycles. The molecule has 0 radical (unpaired) electrons. The maximum Gasteiger partial charge on any atom is 0.295 e. The van der Waals surface area contributed by atoms with Crippen LogP contribution in [0.3, 0.4) is 0 Å². The molecule has 1 fully saturated rings. The van der Waals surface area contributed by atoms with Crippen molar-refractivity contribution in [3.8, 4) is 11.4 Å². The number of hydrogen-bond acceptors (Lipinski definition) is 6. The topological polar surface area (TPSA) is 99.3 Å². The van der Waals surface area contributed by atoms with Crippen molar-refractivity contribution in [3.63, 3.8) is 0 Å². The number of aromatic nitrogens is 2. The minimum atomic E-state index is -0.502. The van der Waals surface area contributed by atoms with E-state index in [2.05, 4.69) is 10.3 Å². The van der Waals surface area contributed by atoms with Gasteiger partial charge in [0.25, 0.3) is 11.2 Å². The third kappa shape index (κ3) is 2.93. The van der Waals surface area contributed by atoms with Gasteiger partial charge in [0.05, 0.1) is 29.1 Å². The highest BCUT2D eigenvalue weighted by atomic mass is 16.6. The number of fused-ring (bicyclic) bond motifs is 1. The zero-order valence-corrected chi connectivity index (χ0v) is 14.7. The molecule has 4 rings (SSSR count). The van der Waals surface area contributed by atoms with Gasteiger partial charge in [-0.05, 0) is 49.7 Å². The summed E-state index contributed by atoms with van der Waals surface area (Å²) in [5.41, 5.74) is 0.287. The van der Waals surface area contributed by atoms with Crippen molar-refractivity contribution in [1.82, 2.24) is 14.9 Å². The Labute approximate surface area is 154 Å². The first kappa shape index (κ1) is 17.2. The van der Waals surface area contributed by atoms with Crippen LogP contribution in [-0.4, -0.2) is 28.1 Å². The Morgan fingerprint density at radius 3 is 2.67 bits per heavy atom. The summed E-state index contributed by atoms with van der Waals surface area (Å²) in [6, 6.07) is 11.4. The quantitative estimate of drug-likeness (QED) is 0.563. The Kier molecular flexibility index (Phi) is 4.33. The van der Waals surface area contributed by atoms with E-state index in [0.717, 1.165) is 19.4 Å². The fourth-order valence-corrected chi connectivity index (χ4v) is 3.48. The molecular formula is C19H18N4O4. The van der Waals surface area contributed by atoms with Gasteiger partial charge < -0.3 is 10.1 Å². The van der Waals surface area contributed by atoms with E-state index in [4.69, 9.17) is 4.74 Å². The first-order valence-corrected chi connectivity index (χ1v) is 8.68. The number of nitrogens with zero attached hydrogens (tertiary/aromatic N) is 3. The summed E-state index contributed by atoms with van der Waals surface area (Å²) in [5, 5.41) is 15.0. The third-order valence-corrected chi connectivity index (χ3v) is 4.80. The van der Waals surface area contributed by atoms with E-state index >= 15 is 0 Å². The molecule has 1 aromatic heterocycles. The van der Waals surface area contributed by atoms with Gasteiger partial charge in [0.1, 0.15) is 11.6 Å². The van der Waals surface area contributed by atoms with Crippen LogP contribution in [0, 0.1) is 10.1 Å². The zero-order valence-electron chi connectivity index (χ0n) is 14.7. The maximum atomic E-state index is 13.3. The lowest BCUT2D eigenvalue weighted by atomic mass is 10.1. The van der Waals surface area contributed by atoms with E-state index < -0.39 is 4.92 Å². The van der Waals surface area contributed by atoms with Crippen molar-refractivity contribution in [2.45, 2.75) is 18.9 Å². The summed E-state index contributed by atoms with van der Waals surface area (Å²) in [6.07, 6.45) is 1.77.